The number of halogens is 1. The van der Waals surface area contributed by atoms with Crippen LogP contribution in [0.1, 0.15) is 64.6 Å². The van der Waals surface area contributed by atoms with Crippen molar-refractivity contribution >= 4 is 41.1 Å². The first kappa shape index (κ1) is 32.8. The lowest BCUT2D eigenvalue weighted by Gasteiger charge is -2.40. The van der Waals surface area contributed by atoms with Gasteiger partial charge in [-0.25, -0.2) is 19.6 Å². The number of amides is 4. The third-order valence-electron chi connectivity index (χ3n) is 7.83. The molecule has 44 heavy (non-hydrogen) atoms. The number of benzene rings is 1. The van der Waals surface area contributed by atoms with Crippen LogP contribution in [0.4, 0.5) is 21.1 Å². The minimum absolute atomic E-state index is 0.112. The number of nitrogens with one attached hydrogen (secondary N) is 2. The van der Waals surface area contributed by atoms with Gasteiger partial charge in [-0.2, -0.15) is 5.26 Å². The fourth-order valence-corrected chi connectivity index (χ4v) is 5.50. The molecule has 2 aromatic rings. The summed E-state index contributed by atoms with van der Waals surface area (Å²) >= 11 is 6.66. The van der Waals surface area contributed by atoms with E-state index >= 15 is 0 Å². The Balaban J connectivity index is 1.43. The van der Waals surface area contributed by atoms with Crippen LogP contribution in [-0.4, -0.2) is 76.2 Å². The van der Waals surface area contributed by atoms with E-state index in [0.29, 0.717) is 42.5 Å². The second kappa shape index (κ2) is 14.1. The molecule has 1 aliphatic heterocycles. The second-order valence-electron chi connectivity index (χ2n) is 12.2. The predicted molar refractivity (Wildman–Crippen MR) is 166 cm³/mol. The lowest BCUT2D eigenvalue weighted by molar-refractivity contribution is -0.134. The minimum Gasteiger partial charge on any atom is -0.495 e. The minimum atomic E-state index is -0.660. The molecule has 1 saturated heterocycles. The van der Waals surface area contributed by atoms with E-state index in [4.69, 9.17) is 26.3 Å². The monoisotopic (exact) mass is 625 g/mol. The molecule has 0 spiro atoms. The van der Waals surface area contributed by atoms with E-state index in [1.54, 1.807) is 17.0 Å². The molecule has 1 atom stereocenters. The molecule has 2 heterocycles. The molecule has 2 fully saturated rings. The molecule has 1 aliphatic carbocycles. The van der Waals surface area contributed by atoms with Crippen molar-refractivity contribution in [2.75, 3.05) is 37.4 Å². The van der Waals surface area contributed by atoms with E-state index in [2.05, 4.69) is 20.6 Å². The molecule has 1 aromatic carbocycles. The summed E-state index contributed by atoms with van der Waals surface area (Å²) in [4.78, 5) is 50.1. The van der Waals surface area contributed by atoms with Gasteiger partial charge in [0.05, 0.1) is 25.2 Å². The Morgan fingerprint density at radius 1 is 1.14 bits per heavy atom. The molecule has 4 rings (SSSR count). The number of hydrogen-bond acceptors (Lipinski definition) is 8. The summed E-state index contributed by atoms with van der Waals surface area (Å²) in [7, 11) is 1.48. The van der Waals surface area contributed by atoms with Gasteiger partial charge in [0.2, 0.25) is 5.91 Å². The van der Waals surface area contributed by atoms with Crippen LogP contribution in [0.15, 0.2) is 24.5 Å². The number of carbonyl (C=O) groups is 3. The fraction of sp³-hybridized carbons (Fsp3) is 0.548. The maximum atomic E-state index is 13.4. The predicted octanol–water partition coefficient (Wildman–Crippen LogP) is 5.47. The molecule has 1 saturated carbocycles. The van der Waals surface area contributed by atoms with Gasteiger partial charge in [0.25, 0.3) is 0 Å². The van der Waals surface area contributed by atoms with Crippen LogP contribution in [0.25, 0.3) is 0 Å². The maximum absolute atomic E-state index is 13.4. The summed E-state index contributed by atoms with van der Waals surface area (Å²) in [6.07, 6.45) is 6.19. The molecular formula is C31H40ClN7O5. The van der Waals surface area contributed by atoms with Crippen LogP contribution >= 0.6 is 11.6 Å². The topological polar surface area (TPSA) is 150 Å². The van der Waals surface area contributed by atoms with Crippen molar-refractivity contribution in [3.05, 3.63) is 40.8 Å². The number of carbonyl (C=O) groups excluding carboxylic acids is 3. The molecule has 2 aliphatic rings. The summed E-state index contributed by atoms with van der Waals surface area (Å²) in [5.74, 6) is 1.25. The van der Waals surface area contributed by atoms with Crippen molar-refractivity contribution in [3.63, 3.8) is 0 Å². The van der Waals surface area contributed by atoms with Gasteiger partial charge < -0.3 is 24.6 Å². The van der Waals surface area contributed by atoms with Crippen molar-refractivity contribution < 1.29 is 23.9 Å². The Hall–Kier alpha value is -4.11. The highest BCUT2D eigenvalue weighted by Crippen LogP contribution is 2.35. The van der Waals surface area contributed by atoms with Gasteiger partial charge in [-0.05, 0) is 83.4 Å². The van der Waals surface area contributed by atoms with E-state index in [1.807, 2.05) is 38.7 Å². The zero-order valence-corrected chi connectivity index (χ0v) is 26.6. The van der Waals surface area contributed by atoms with E-state index in [1.165, 1.54) is 19.5 Å². The second-order valence-corrected chi connectivity index (χ2v) is 12.6. The van der Waals surface area contributed by atoms with Crippen LogP contribution in [0.2, 0.25) is 5.02 Å². The first-order valence-corrected chi connectivity index (χ1v) is 15.2. The fourth-order valence-electron chi connectivity index (χ4n) is 5.24. The van der Waals surface area contributed by atoms with E-state index in [-0.39, 0.29) is 35.3 Å². The van der Waals surface area contributed by atoms with E-state index in [9.17, 15) is 14.4 Å². The Labute approximate surface area is 263 Å². The first-order chi connectivity index (χ1) is 20.9. The van der Waals surface area contributed by atoms with Crippen LogP contribution in [0.5, 0.6) is 5.75 Å². The Morgan fingerprint density at radius 2 is 1.84 bits per heavy atom. The molecule has 0 radical (unpaired) electrons. The third-order valence-corrected chi connectivity index (χ3v) is 8.18. The van der Waals surface area contributed by atoms with Crippen LogP contribution in [-0.2, 0) is 16.0 Å². The number of methoxy groups -OCH3 is 1. The number of anilines is 2. The average Bonchev–Trinajstić information content (AvgIpc) is 3.83. The summed E-state index contributed by atoms with van der Waals surface area (Å²) in [5.41, 5.74) is 0.543. The lowest BCUT2D eigenvalue weighted by atomic mass is 9.89. The standard InChI is InChI=1S/C31H40ClN7O5/c1-19(20-8-11-38(12-9-20)28(40)21-6-7-21)39(30(42)44-31(2,3)4)13-10-22-14-26(43-5)25(15-24(22)32)36-29(41)37-27-18-34-23(16-33)17-35-27/h14-15,17-21H,6-13H2,1-5H3,(H2,35,36,37,41)/t19-/m0/s1. The summed E-state index contributed by atoms with van der Waals surface area (Å²) in [5, 5.41) is 14.5. The van der Waals surface area contributed by atoms with Crippen molar-refractivity contribution in [2.45, 2.75) is 71.4 Å². The number of likely N-dealkylation sites (tertiary alicyclic amines) is 1. The van der Waals surface area contributed by atoms with Crippen molar-refractivity contribution in [1.82, 2.24) is 19.8 Å². The van der Waals surface area contributed by atoms with Gasteiger partial charge in [0, 0.05) is 36.6 Å². The third kappa shape index (κ3) is 8.72. The molecule has 0 bridgehead atoms. The molecule has 2 N–H and O–H groups in total. The molecule has 4 amide bonds. The Morgan fingerprint density at radius 3 is 2.41 bits per heavy atom. The van der Waals surface area contributed by atoms with Crippen molar-refractivity contribution in [2.24, 2.45) is 11.8 Å². The number of ether oxygens (including phenoxy) is 2. The first-order valence-electron chi connectivity index (χ1n) is 14.8. The van der Waals surface area contributed by atoms with Crippen LogP contribution < -0.4 is 15.4 Å². The summed E-state index contributed by atoms with van der Waals surface area (Å²) < 4.78 is 11.3. The smallest absolute Gasteiger partial charge is 0.410 e. The largest absolute Gasteiger partial charge is 0.495 e. The number of piperidine rings is 1. The molecule has 12 nitrogen and oxygen atoms in total. The normalized spacial score (nSPS) is 16.0. The maximum Gasteiger partial charge on any atom is 0.410 e. The Kier molecular flexibility index (Phi) is 10.5. The molecular weight excluding hydrogens is 586 g/mol. The van der Waals surface area contributed by atoms with Gasteiger partial charge in [-0.1, -0.05) is 11.6 Å². The molecule has 1 aromatic heterocycles. The number of urea groups is 1. The van der Waals surface area contributed by atoms with Crippen LogP contribution in [0, 0.1) is 23.2 Å². The van der Waals surface area contributed by atoms with E-state index < -0.39 is 17.7 Å². The van der Waals surface area contributed by atoms with Gasteiger partial charge in [-0.3, -0.25) is 10.1 Å². The SMILES string of the molecule is COc1cc(CCN(C(=O)OC(C)(C)C)[C@@H](C)C2CCN(C(=O)C3CC3)CC2)c(Cl)cc1NC(=O)Nc1cnc(C#N)cn1. The number of aromatic nitrogens is 2. The number of rotatable bonds is 9. The zero-order chi connectivity index (χ0) is 32.0. The lowest BCUT2D eigenvalue weighted by Crippen LogP contribution is -2.49. The molecule has 0 unspecified atom stereocenters. The highest BCUT2D eigenvalue weighted by molar-refractivity contribution is 6.31. The van der Waals surface area contributed by atoms with Crippen LogP contribution in [0.3, 0.4) is 0 Å². The molecule has 236 valence electrons. The number of nitriles is 1. The Bertz CT molecular complexity index is 1390. The quantitative estimate of drug-likeness (QED) is 0.372. The average molecular weight is 626 g/mol. The zero-order valence-electron chi connectivity index (χ0n) is 25.9. The van der Waals surface area contributed by atoms with E-state index in [0.717, 1.165) is 31.2 Å². The van der Waals surface area contributed by atoms with Gasteiger partial charge >= 0.3 is 12.1 Å². The molecule has 13 heteroatoms. The number of hydrogen-bond donors (Lipinski definition) is 2. The van der Waals surface area contributed by atoms with Crippen molar-refractivity contribution in [3.8, 4) is 11.8 Å². The highest BCUT2D eigenvalue weighted by Gasteiger charge is 2.37. The van der Waals surface area contributed by atoms with Crippen molar-refractivity contribution in [1.29, 1.82) is 5.26 Å². The van der Waals surface area contributed by atoms with Gasteiger partial charge in [-0.15, -0.1) is 0 Å². The summed E-state index contributed by atoms with van der Waals surface area (Å²) in [6.45, 7) is 9.32. The van der Waals surface area contributed by atoms with Gasteiger partial charge in [0.15, 0.2) is 11.5 Å². The highest BCUT2D eigenvalue weighted by atomic mass is 35.5. The summed E-state index contributed by atoms with van der Waals surface area (Å²) in [6, 6.07) is 4.48. The number of nitrogens with zero attached hydrogens (tertiary/aromatic N) is 5. The van der Waals surface area contributed by atoms with Gasteiger partial charge in [0.1, 0.15) is 17.4 Å².